The number of hydrogen-bond donors (Lipinski definition) is 0. The highest BCUT2D eigenvalue weighted by Crippen LogP contribution is 2.33. The minimum absolute atomic E-state index is 0.00121. The van der Waals surface area contributed by atoms with E-state index in [1.807, 2.05) is 0 Å². The van der Waals surface area contributed by atoms with Gasteiger partial charge in [-0.15, -0.1) is 0 Å². The molecule has 0 unspecified atom stereocenters. The molecular weight excluding hydrogens is 358 g/mol. The second kappa shape index (κ2) is 8.26. The van der Waals surface area contributed by atoms with Crippen molar-refractivity contribution < 1.29 is 19.2 Å². The molecule has 0 spiro atoms. The van der Waals surface area contributed by atoms with E-state index in [1.54, 1.807) is 61.5 Å². The molecule has 0 bridgehead atoms. The zero-order chi connectivity index (χ0) is 20.1. The van der Waals surface area contributed by atoms with Crippen LogP contribution in [0, 0.1) is 10.1 Å². The fourth-order valence-corrected chi connectivity index (χ4v) is 2.68. The number of carbonyl (C=O) groups is 2. The normalized spacial score (nSPS) is 10.3. The van der Waals surface area contributed by atoms with E-state index in [0.29, 0.717) is 23.3 Å². The van der Waals surface area contributed by atoms with E-state index in [1.165, 1.54) is 18.2 Å². The number of carbonyl (C=O) groups excluding carboxylic acids is 2. The Balaban J connectivity index is 1.88. The van der Waals surface area contributed by atoms with Crippen molar-refractivity contribution in [3.05, 3.63) is 99.6 Å². The zero-order valence-corrected chi connectivity index (χ0v) is 15.1. The Bertz CT molecular complexity index is 1030. The van der Waals surface area contributed by atoms with Crippen LogP contribution in [0.5, 0.6) is 11.5 Å². The van der Waals surface area contributed by atoms with Gasteiger partial charge in [-0.2, -0.15) is 0 Å². The number of nitro groups is 1. The topological polar surface area (TPSA) is 86.5 Å². The van der Waals surface area contributed by atoms with Gasteiger partial charge in [-0.1, -0.05) is 37.3 Å². The quantitative estimate of drug-likeness (QED) is 0.321. The van der Waals surface area contributed by atoms with Crippen molar-refractivity contribution in [3.8, 4) is 11.5 Å². The van der Waals surface area contributed by atoms with Crippen molar-refractivity contribution in [3.63, 3.8) is 0 Å². The smallest absolute Gasteiger partial charge is 0.312 e. The first-order valence-electron chi connectivity index (χ1n) is 8.69. The van der Waals surface area contributed by atoms with Crippen LogP contribution in [0.2, 0.25) is 0 Å². The van der Waals surface area contributed by atoms with E-state index in [-0.39, 0.29) is 28.6 Å². The summed E-state index contributed by atoms with van der Waals surface area (Å²) in [5.41, 5.74) is 0.888. The summed E-state index contributed by atoms with van der Waals surface area (Å²) in [6.45, 7) is 1.77. The number of ether oxygens (including phenoxy) is 1. The van der Waals surface area contributed by atoms with E-state index in [0.717, 1.165) is 0 Å². The van der Waals surface area contributed by atoms with Gasteiger partial charge in [-0.05, 0) is 36.4 Å². The van der Waals surface area contributed by atoms with E-state index in [2.05, 4.69) is 0 Å². The summed E-state index contributed by atoms with van der Waals surface area (Å²) < 4.78 is 5.62. The average molecular weight is 375 g/mol. The molecule has 6 heteroatoms. The second-order valence-electron chi connectivity index (χ2n) is 6.04. The number of ketones is 2. The summed E-state index contributed by atoms with van der Waals surface area (Å²) in [6.07, 6.45) is 0.391. The van der Waals surface area contributed by atoms with Crippen molar-refractivity contribution >= 4 is 17.3 Å². The highest BCUT2D eigenvalue weighted by atomic mass is 16.6. The average Bonchev–Trinajstić information content (AvgIpc) is 2.74. The molecule has 28 heavy (non-hydrogen) atoms. The Kier molecular flexibility index (Phi) is 5.60. The largest absolute Gasteiger partial charge is 0.450 e. The molecular formula is C22H17NO5. The van der Waals surface area contributed by atoms with Crippen LogP contribution in [0.3, 0.4) is 0 Å². The fraction of sp³-hybridized carbons (Fsp3) is 0.0909. The van der Waals surface area contributed by atoms with Gasteiger partial charge in [0.25, 0.3) is 0 Å². The Hall–Kier alpha value is -3.80. The predicted molar refractivity (Wildman–Crippen MR) is 104 cm³/mol. The molecule has 3 rings (SSSR count). The number of rotatable bonds is 7. The third-order valence-electron chi connectivity index (χ3n) is 4.18. The third-order valence-corrected chi connectivity index (χ3v) is 4.18. The van der Waals surface area contributed by atoms with Crippen molar-refractivity contribution in [1.82, 2.24) is 0 Å². The third kappa shape index (κ3) is 4.12. The maximum atomic E-state index is 12.5. The minimum Gasteiger partial charge on any atom is -0.450 e. The highest BCUT2D eigenvalue weighted by molar-refractivity contribution is 6.09. The summed E-state index contributed by atoms with van der Waals surface area (Å²) in [6, 6.07) is 19.0. The molecule has 0 aliphatic heterocycles. The Morgan fingerprint density at radius 1 is 0.893 bits per heavy atom. The van der Waals surface area contributed by atoms with Crippen molar-refractivity contribution in [2.45, 2.75) is 13.3 Å². The standard InChI is InChI=1S/C22H17NO5/c1-2-20(24)15-8-11-18(12-9-15)28-21-13-10-17(14-19(21)23(26)27)22(25)16-6-4-3-5-7-16/h3-14H,2H2,1H3. The van der Waals surface area contributed by atoms with Crippen LogP contribution in [0.25, 0.3) is 0 Å². The molecule has 0 amide bonds. The molecule has 0 aliphatic rings. The van der Waals surface area contributed by atoms with Crippen molar-refractivity contribution in [2.75, 3.05) is 0 Å². The molecule has 0 atom stereocenters. The van der Waals surface area contributed by atoms with Crippen LogP contribution >= 0.6 is 0 Å². The first-order chi connectivity index (χ1) is 13.5. The van der Waals surface area contributed by atoms with Gasteiger partial charge in [0.1, 0.15) is 5.75 Å². The molecule has 0 radical (unpaired) electrons. The first kappa shape index (κ1) is 19.0. The number of nitro benzene ring substituents is 1. The zero-order valence-electron chi connectivity index (χ0n) is 15.1. The van der Waals surface area contributed by atoms with Gasteiger partial charge in [0, 0.05) is 29.2 Å². The van der Waals surface area contributed by atoms with Crippen LogP contribution in [-0.4, -0.2) is 16.5 Å². The molecule has 0 heterocycles. The van der Waals surface area contributed by atoms with Gasteiger partial charge >= 0.3 is 5.69 Å². The monoisotopic (exact) mass is 375 g/mol. The minimum atomic E-state index is -0.591. The summed E-state index contributed by atoms with van der Waals surface area (Å²) in [5.74, 6) is 0.0704. The van der Waals surface area contributed by atoms with Gasteiger partial charge in [-0.3, -0.25) is 19.7 Å². The molecule has 0 aromatic heterocycles. The van der Waals surface area contributed by atoms with Gasteiger partial charge in [0.2, 0.25) is 5.75 Å². The Morgan fingerprint density at radius 3 is 2.14 bits per heavy atom. The van der Waals surface area contributed by atoms with E-state index >= 15 is 0 Å². The van der Waals surface area contributed by atoms with Crippen molar-refractivity contribution in [1.29, 1.82) is 0 Å². The predicted octanol–water partition coefficient (Wildman–Crippen LogP) is 5.21. The van der Waals surface area contributed by atoms with Crippen molar-refractivity contribution in [2.24, 2.45) is 0 Å². The van der Waals surface area contributed by atoms with Crippen LogP contribution in [0.15, 0.2) is 72.8 Å². The summed E-state index contributed by atoms with van der Waals surface area (Å²) in [4.78, 5) is 35.1. The molecule has 0 N–H and O–H groups in total. The lowest BCUT2D eigenvalue weighted by Gasteiger charge is -2.08. The summed E-state index contributed by atoms with van der Waals surface area (Å²) in [7, 11) is 0. The van der Waals surface area contributed by atoms with Gasteiger partial charge < -0.3 is 4.74 Å². The SMILES string of the molecule is CCC(=O)c1ccc(Oc2ccc(C(=O)c3ccccc3)cc2[N+](=O)[O-])cc1. The van der Waals surface area contributed by atoms with Crippen LogP contribution < -0.4 is 4.74 Å². The number of Topliss-reactive ketones (excluding diaryl/α,β-unsaturated/α-hetero) is 1. The fourth-order valence-electron chi connectivity index (χ4n) is 2.68. The maximum absolute atomic E-state index is 12.5. The van der Waals surface area contributed by atoms with Gasteiger partial charge in [0.15, 0.2) is 11.6 Å². The van der Waals surface area contributed by atoms with Crippen LogP contribution in [-0.2, 0) is 0 Å². The molecule has 0 aliphatic carbocycles. The lowest BCUT2D eigenvalue weighted by molar-refractivity contribution is -0.385. The number of nitrogens with zero attached hydrogens (tertiary/aromatic N) is 1. The molecule has 6 nitrogen and oxygen atoms in total. The molecule has 0 saturated carbocycles. The van der Waals surface area contributed by atoms with Gasteiger partial charge in [-0.25, -0.2) is 0 Å². The second-order valence-corrected chi connectivity index (χ2v) is 6.04. The van der Waals surface area contributed by atoms with Crippen LogP contribution in [0.1, 0.15) is 39.6 Å². The number of hydrogen-bond acceptors (Lipinski definition) is 5. The molecule has 3 aromatic carbocycles. The highest BCUT2D eigenvalue weighted by Gasteiger charge is 2.20. The molecule has 0 fully saturated rings. The van der Waals surface area contributed by atoms with Crippen LogP contribution in [0.4, 0.5) is 5.69 Å². The maximum Gasteiger partial charge on any atom is 0.312 e. The molecule has 3 aromatic rings. The van der Waals surface area contributed by atoms with E-state index in [4.69, 9.17) is 4.74 Å². The first-order valence-corrected chi connectivity index (χ1v) is 8.69. The summed E-state index contributed by atoms with van der Waals surface area (Å²) >= 11 is 0. The lowest BCUT2D eigenvalue weighted by Crippen LogP contribution is -2.03. The van der Waals surface area contributed by atoms with E-state index < -0.39 is 4.92 Å². The Morgan fingerprint density at radius 2 is 1.54 bits per heavy atom. The molecule has 0 saturated heterocycles. The lowest BCUT2D eigenvalue weighted by atomic mass is 10.0. The number of benzene rings is 3. The van der Waals surface area contributed by atoms with Gasteiger partial charge in [0.05, 0.1) is 4.92 Å². The van der Waals surface area contributed by atoms with E-state index in [9.17, 15) is 19.7 Å². The Labute approximate surface area is 161 Å². The molecule has 140 valence electrons. The summed E-state index contributed by atoms with van der Waals surface area (Å²) in [5, 5.41) is 11.5.